The highest BCUT2D eigenvalue weighted by atomic mass is 79.9. The van der Waals surface area contributed by atoms with Crippen LogP contribution in [0.4, 0.5) is 0 Å². The van der Waals surface area contributed by atoms with Crippen LogP contribution in [0.2, 0.25) is 0 Å². The highest BCUT2D eigenvalue weighted by molar-refractivity contribution is 9.09. The lowest BCUT2D eigenvalue weighted by Gasteiger charge is -2.05. The third-order valence-corrected chi connectivity index (χ3v) is 4.40. The molecule has 0 aliphatic heterocycles. The standard InChI is InChI=1S/C15H15BrN4/c1-2-13(16)14-10-20(19-18-14)9-12-6-3-5-11-7-4-8-17-15(11)12/h3-8,10,13H,2,9H2,1H3. The first-order valence-electron chi connectivity index (χ1n) is 6.64. The molecule has 3 rings (SSSR count). The second-order valence-electron chi connectivity index (χ2n) is 4.71. The zero-order chi connectivity index (χ0) is 13.9. The number of para-hydroxylation sites is 1. The number of rotatable bonds is 4. The molecule has 0 spiro atoms. The van der Waals surface area contributed by atoms with Crippen LogP contribution in [0.3, 0.4) is 0 Å². The monoisotopic (exact) mass is 330 g/mol. The quantitative estimate of drug-likeness (QED) is 0.685. The number of alkyl halides is 1. The zero-order valence-corrected chi connectivity index (χ0v) is 12.8. The van der Waals surface area contributed by atoms with Crippen LogP contribution in [-0.4, -0.2) is 20.0 Å². The van der Waals surface area contributed by atoms with E-state index in [9.17, 15) is 0 Å². The molecule has 0 radical (unpaired) electrons. The van der Waals surface area contributed by atoms with Gasteiger partial charge < -0.3 is 0 Å². The molecule has 2 aromatic heterocycles. The first kappa shape index (κ1) is 13.2. The van der Waals surface area contributed by atoms with Gasteiger partial charge in [0.2, 0.25) is 0 Å². The summed E-state index contributed by atoms with van der Waals surface area (Å²) in [6.45, 7) is 2.80. The van der Waals surface area contributed by atoms with Crippen molar-refractivity contribution in [1.82, 2.24) is 20.0 Å². The van der Waals surface area contributed by atoms with Crippen LogP contribution in [0.5, 0.6) is 0 Å². The van der Waals surface area contributed by atoms with E-state index in [4.69, 9.17) is 0 Å². The van der Waals surface area contributed by atoms with Gasteiger partial charge in [-0.1, -0.05) is 52.3 Å². The molecule has 5 heteroatoms. The number of hydrogen-bond acceptors (Lipinski definition) is 3. The van der Waals surface area contributed by atoms with Gasteiger partial charge in [-0.2, -0.15) is 0 Å². The van der Waals surface area contributed by atoms with Crippen molar-refractivity contribution in [2.45, 2.75) is 24.7 Å². The molecule has 4 nitrogen and oxygen atoms in total. The van der Waals surface area contributed by atoms with Gasteiger partial charge in [0.05, 0.1) is 22.6 Å². The molecule has 1 unspecified atom stereocenters. The molecule has 0 bridgehead atoms. The first-order chi connectivity index (χ1) is 9.78. The topological polar surface area (TPSA) is 43.6 Å². The summed E-state index contributed by atoms with van der Waals surface area (Å²) in [6.07, 6.45) is 4.81. The van der Waals surface area contributed by atoms with Crippen LogP contribution >= 0.6 is 15.9 Å². The van der Waals surface area contributed by atoms with Crippen molar-refractivity contribution in [3.8, 4) is 0 Å². The maximum Gasteiger partial charge on any atom is 0.0963 e. The van der Waals surface area contributed by atoms with E-state index in [-0.39, 0.29) is 4.83 Å². The van der Waals surface area contributed by atoms with Gasteiger partial charge in [0.1, 0.15) is 0 Å². The van der Waals surface area contributed by atoms with Gasteiger partial charge in [-0.25, -0.2) is 4.68 Å². The van der Waals surface area contributed by atoms with E-state index < -0.39 is 0 Å². The predicted molar refractivity (Wildman–Crippen MR) is 82.8 cm³/mol. The van der Waals surface area contributed by atoms with E-state index in [1.165, 1.54) is 0 Å². The summed E-state index contributed by atoms with van der Waals surface area (Å²) >= 11 is 3.60. The van der Waals surface area contributed by atoms with Crippen molar-refractivity contribution in [1.29, 1.82) is 0 Å². The SMILES string of the molecule is CCC(Br)c1cn(Cc2cccc3cccnc23)nn1. The average Bonchev–Trinajstić information content (AvgIpc) is 2.95. The summed E-state index contributed by atoms with van der Waals surface area (Å²) in [4.78, 5) is 4.73. The largest absolute Gasteiger partial charge is 0.256 e. The summed E-state index contributed by atoms with van der Waals surface area (Å²) in [6, 6.07) is 10.2. The van der Waals surface area contributed by atoms with Crippen LogP contribution in [0.1, 0.15) is 29.4 Å². The second-order valence-corrected chi connectivity index (χ2v) is 5.81. The van der Waals surface area contributed by atoms with Gasteiger partial charge in [-0.15, -0.1) is 5.10 Å². The van der Waals surface area contributed by atoms with Crippen molar-refractivity contribution in [2.24, 2.45) is 0 Å². The maximum atomic E-state index is 4.46. The lowest BCUT2D eigenvalue weighted by atomic mass is 10.1. The van der Waals surface area contributed by atoms with Crippen LogP contribution in [0.15, 0.2) is 42.7 Å². The Morgan fingerprint density at radius 1 is 1.25 bits per heavy atom. The third-order valence-electron chi connectivity index (χ3n) is 3.28. The molecule has 2 heterocycles. The first-order valence-corrected chi connectivity index (χ1v) is 7.56. The second kappa shape index (κ2) is 5.71. The van der Waals surface area contributed by atoms with Gasteiger partial charge in [-0.05, 0) is 18.1 Å². The molecule has 0 fully saturated rings. The Kier molecular flexibility index (Phi) is 3.78. The maximum absolute atomic E-state index is 4.46. The predicted octanol–water partition coefficient (Wildman–Crippen LogP) is 3.72. The van der Waals surface area contributed by atoms with E-state index in [0.717, 1.165) is 28.6 Å². The van der Waals surface area contributed by atoms with Gasteiger partial charge in [-0.3, -0.25) is 4.98 Å². The molecular formula is C15H15BrN4. The van der Waals surface area contributed by atoms with Crippen LogP contribution in [0, 0.1) is 0 Å². The van der Waals surface area contributed by atoms with Gasteiger partial charge >= 0.3 is 0 Å². The van der Waals surface area contributed by atoms with Crippen molar-refractivity contribution >= 4 is 26.8 Å². The number of aromatic nitrogens is 4. The Morgan fingerprint density at radius 2 is 2.10 bits per heavy atom. The van der Waals surface area contributed by atoms with E-state index >= 15 is 0 Å². The Bertz CT molecular complexity index is 717. The summed E-state index contributed by atoms with van der Waals surface area (Å²) in [5, 5.41) is 9.56. The fourth-order valence-electron chi connectivity index (χ4n) is 2.21. The molecule has 20 heavy (non-hydrogen) atoms. The molecule has 0 saturated heterocycles. The van der Waals surface area contributed by atoms with Crippen molar-refractivity contribution in [3.63, 3.8) is 0 Å². The lowest BCUT2D eigenvalue weighted by molar-refractivity contribution is 0.651. The Morgan fingerprint density at radius 3 is 2.95 bits per heavy atom. The molecule has 0 aliphatic rings. The Balaban J connectivity index is 1.91. The van der Waals surface area contributed by atoms with Crippen LogP contribution in [-0.2, 0) is 6.54 Å². The minimum absolute atomic E-state index is 0.266. The molecule has 3 aromatic rings. The van der Waals surface area contributed by atoms with Crippen LogP contribution in [0.25, 0.3) is 10.9 Å². The molecule has 0 saturated carbocycles. The van der Waals surface area contributed by atoms with E-state index in [1.54, 1.807) is 0 Å². The number of hydrogen-bond donors (Lipinski definition) is 0. The van der Waals surface area contributed by atoms with Crippen LogP contribution < -0.4 is 0 Å². The number of nitrogens with zero attached hydrogens (tertiary/aromatic N) is 4. The summed E-state index contributed by atoms with van der Waals surface area (Å²) < 4.78 is 1.86. The highest BCUT2D eigenvalue weighted by Gasteiger charge is 2.10. The highest BCUT2D eigenvalue weighted by Crippen LogP contribution is 2.24. The molecular weight excluding hydrogens is 316 g/mol. The van der Waals surface area contributed by atoms with Gasteiger partial charge in [0.25, 0.3) is 0 Å². The zero-order valence-electron chi connectivity index (χ0n) is 11.2. The molecule has 1 atom stereocenters. The molecule has 0 amide bonds. The number of benzene rings is 1. The molecule has 0 N–H and O–H groups in total. The Hall–Kier alpha value is -1.75. The third kappa shape index (κ3) is 2.58. The van der Waals surface area contributed by atoms with E-state index in [1.807, 2.05) is 23.1 Å². The summed E-state index contributed by atoms with van der Waals surface area (Å²) in [5.74, 6) is 0. The molecule has 1 aromatic carbocycles. The smallest absolute Gasteiger partial charge is 0.0963 e. The molecule has 102 valence electrons. The van der Waals surface area contributed by atoms with Crippen molar-refractivity contribution in [2.75, 3.05) is 0 Å². The molecule has 0 aliphatic carbocycles. The fourth-order valence-corrected chi connectivity index (χ4v) is 2.42. The Labute approximate surface area is 126 Å². The number of pyridine rings is 1. The van der Waals surface area contributed by atoms with Crippen molar-refractivity contribution < 1.29 is 0 Å². The lowest BCUT2D eigenvalue weighted by Crippen LogP contribution is -2.01. The number of halogens is 1. The minimum Gasteiger partial charge on any atom is -0.256 e. The van der Waals surface area contributed by atoms with Gasteiger partial charge in [0.15, 0.2) is 0 Å². The average molecular weight is 331 g/mol. The number of fused-ring (bicyclic) bond motifs is 1. The summed E-state index contributed by atoms with van der Waals surface area (Å²) in [5.41, 5.74) is 3.15. The van der Waals surface area contributed by atoms with Crippen molar-refractivity contribution in [3.05, 3.63) is 54.0 Å². The summed E-state index contributed by atoms with van der Waals surface area (Å²) in [7, 11) is 0. The normalized spacial score (nSPS) is 12.7. The fraction of sp³-hybridized carbons (Fsp3) is 0.267. The van der Waals surface area contributed by atoms with E-state index in [0.29, 0.717) is 6.54 Å². The van der Waals surface area contributed by atoms with Gasteiger partial charge in [0, 0.05) is 17.8 Å². The van der Waals surface area contributed by atoms with E-state index in [2.05, 4.69) is 62.4 Å². The minimum atomic E-state index is 0.266.